The highest BCUT2D eigenvalue weighted by Gasteiger charge is 2.26. The number of amides is 2. The fourth-order valence-corrected chi connectivity index (χ4v) is 4.61. The van der Waals surface area contributed by atoms with E-state index in [1.54, 1.807) is 29.1 Å². The van der Waals surface area contributed by atoms with Gasteiger partial charge in [-0.1, -0.05) is 30.7 Å². The standard InChI is InChI=1S/C26H34FN5O2/c1-29(32-17-21-7-3-4-8-22(21)18-32)26(34)20-31(24-11-9-23(27)10-12-24)19-25(33)28-13-16-30-14-5-2-6-15-30/h3-4,7-12H,2,5-6,13-20H2,1H3,(H,28,33). The van der Waals surface area contributed by atoms with Crippen LogP contribution >= 0.6 is 0 Å². The van der Waals surface area contributed by atoms with Gasteiger partial charge in [-0.15, -0.1) is 0 Å². The lowest BCUT2D eigenvalue weighted by molar-refractivity contribution is -0.145. The van der Waals surface area contributed by atoms with Crippen molar-refractivity contribution in [3.8, 4) is 0 Å². The molecule has 0 aromatic heterocycles. The Morgan fingerprint density at radius 3 is 2.24 bits per heavy atom. The van der Waals surface area contributed by atoms with E-state index in [4.69, 9.17) is 0 Å². The topological polar surface area (TPSA) is 59.1 Å². The van der Waals surface area contributed by atoms with Crippen LogP contribution in [0.1, 0.15) is 30.4 Å². The monoisotopic (exact) mass is 467 g/mol. The summed E-state index contributed by atoms with van der Waals surface area (Å²) in [5, 5.41) is 6.60. The molecular formula is C26H34FN5O2. The van der Waals surface area contributed by atoms with Gasteiger partial charge in [-0.2, -0.15) is 0 Å². The van der Waals surface area contributed by atoms with Gasteiger partial charge in [0.15, 0.2) is 0 Å². The Morgan fingerprint density at radius 1 is 0.941 bits per heavy atom. The van der Waals surface area contributed by atoms with Crippen LogP contribution in [0.3, 0.4) is 0 Å². The van der Waals surface area contributed by atoms with Crippen molar-refractivity contribution >= 4 is 17.5 Å². The lowest BCUT2D eigenvalue weighted by Crippen LogP contribution is -2.48. The number of piperidine rings is 1. The van der Waals surface area contributed by atoms with Crippen LogP contribution in [-0.2, 0) is 22.7 Å². The third-order valence-corrected chi connectivity index (χ3v) is 6.66. The summed E-state index contributed by atoms with van der Waals surface area (Å²) in [4.78, 5) is 30.0. The Bertz CT molecular complexity index is 952. The van der Waals surface area contributed by atoms with Gasteiger partial charge < -0.3 is 15.1 Å². The van der Waals surface area contributed by atoms with Gasteiger partial charge in [-0.05, 0) is 61.3 Å². The second kappa shape index (κ2) is 11.4. The maximum Gasteiger partial charge on any atom is 0.256 e. The minimum Gasteiger partial charge on any atom is -0.353 e. The number of fused-ring (bicyclic) bond motifs is 1. The van der Waals surface area contributed by atoms with Crippen molar-refractivity contribution in [3.63, 3.8) is 0 Å². The lowest BCUT2D eigenvalue weighted by atomic mass is 10.1. The van der Waals surface area contributed by atoms with Gasteiger partial charge in [0.2, 0.25) is 5.91 Å². The van der Waals surface area contributed by atoms with Gasteiger partial charge in [0.05, 0.1) is 13.1 Å². The predicted octanol–water partition coefficient (Wildman–Crippen LogP) is 2.62. The number of likely N-dealkylation sites (N-methyl/N-ethyl adjacent to an activating group) is 1. The molecule has 1 fully saturated rings. The molecule has 34 heavy (non-hydrogen) atoms. The zero-order valence-corrected chi connectivity index (χ0v) is 19.9. The molecule has 1 saturated heterocycles. The van der Waals surface area contributed by atoms with E-state index in [9.17, 15) is 14.0 Å². The first-order chi connectivity index (χ1) is 16.5. The molecule has 2 aromatic carbocycles. The highest BCUT2D eigenvalue weighted by molar-refractivity contribution is 5.86. The number of benzene rings is 2. The van der Waals surface area contributed by atoms with E-state index in [1.165, 1.54) is 42.5 Å². The van der Waals surface area contributed by atoms with Crippen LogP contribution in [0.4, 0.5) is 10.1 Å². The van der Waals surface area contributed by atoms with Crippen LogP contribution in [0.25, 0.3) is 0 Å². The smallest absolute Gasteiger partial charge is 0.256 e. The van der Waals surface area contributed by atoms with Crippen LogP contribution in [0.5, 0.6) is 0 Å². The molecule has 2 aromatic rings. The van der Waals surface area contributed by atoms with E-state index in [1.807, 2.05) is 17.1 Å². The van der Waals surface area contributed by atoms with Gasteiger partial charge in [0.1, 0.15) is 5.82 Å². The van der Waals surface area contributed by atoms with Gasteiger partial charge >= 0.3 is 0 Å². The normalized spacial score (nSPS) is 16.2. The molecule has 0 saturated carbocycles. The molecule has 2 amide bonds. The van der Waals surface area contributed by atoms with E-state index in [0.29, 0.717) is 25.3 Å². The number of rotatable bonds is 9. The first kappa shape index (κ1) is 24.2. The Balaban J connectivity index is 1.35. The summed E-state index contributed by atoms with van der Waals surface area (Å²) in [6.07, 6.45) is 3.70. The van der Waals surface area contributed by atoms with Gasteiger partial charge in [0, 0.05) is 38.9 Å². The third kappa shape index (κ3) is 6.33. The van der Waals surface area contributed by atoms with Crippen molar-refractivity contribution in [2.45, 2.75) is 32.4 Å². The Hall–Kier alpha value is -2.97. The van der Waals surface area contributed by atoms with Crippen molar-refractivity contribution in [1.29, 1.82) is 0 Å². The molecule has 0 bridgehead atoms. The number of hydrazine groups is 1. The molecule has 1 N–H and O–H groups in total. The van der Waals surface area contributed by atoms with Gasteiger partial charge in [-0.3, -0.25) is 14.6 Å². The summed E-state index contributed by atoms with van der Waals surface area (Å²) in [5.74, 6) is -0.628. The average molecular weight is 468 g/mol. The lowest BCUT2D eigenvalue weighted by Gasteiger charge is -2.31. The number of nitrogens with one attached hydrogen (secondary N) is 1. The van der Waals surface area contributed by atoms with Gasteiger partial charge in [-0.25, -0.2) is 9.40 Å². The SMILES string of the molecule is CN(C(=O)CN(CC(=O)NCCN1CCCCC1)c1ccc(F)cc1)N1Cc2ccccc2C1. The number of anilines is 1. The van der Waals surface area contributed by atoms with E-state index in [2.05, 4.69) is 22.3 Å². The molecule has 0 atom stereocenters. The molecule has 2 aliphatic heterocycles. The van der Waals surface area contributed by atoms with Crippen LogP contribution in [0.2, 0.25) is 0 Å². The van der Waals surface area contributed by atoms with E-state index in [-0.39, 0.29) is 30.7 Å². The third-order valence-electron chi connectivity index (χ3n) is 6.66. The first-order valence-corrected chi connectivity index (χ1v) is 12.1. The zero-order valence-electron chi connectivity index (χ0n) is 19.9. The molecule has 0 unspecified atom stereocenters. The largest absolute Gasteiger partial charge is 0.353 e. The van der Waals surface area contributed by atoms with E-state index < -0.39 is 0 Å². The maximum atomic E-state index is 13.5. The number of nitrogens with zero attached hydrogens (tertiary/aromatic N) is 4. The number of likely N-dealkylation sites (tertiary alicyclic amines) is 1. The molecule has 0 radical (unpaired) electrons. The summed E-state index contributed by atoms with van der Waals surface area (Å²) in [7, 11) is 1.76. The highest BCUT2D eigenvalue weighted by atomic mass is 19.1. The predicted molar refractivity (Wildman–Crippen MR) is 130 cm³/mol. The summed E-state index contributed by atoms with van der Waals surface area (Å²) < 4.78 is 13.5. The Morgan fingerprint density at radius 2 is 1.59 bits per heavy atom. The number of hydrogen-bond acceptors (Lipinski definition) is 5. The number of carbonyl (C=O) groups excluding carboxylic acids is 2. The number of carbonyl (C=O) groups is 2. The second-order valence-corrected chi connectivity index (χ2v) is 9.09. The van der Waals surface area contributed by atoms with Crippen molar-refractivity contribution < 1.29 is 14.0 Å². The van der Waals surface area contributed by atoms with Crippen LogP contribution in [-0.4, -0.2) is 73.0 Å². The molecular weight excluding hydrogens is 433 g/mol. The van der Waals surface area contributed by atoms with Crippen LogP contribution in [0.15, 0.2) is 48.5 Å². The molecule has 182 valence electrons. The van der Waals surface area contributed by atoms with Crippen LogP contribution < -0.4 is 10.2 Å². The number of hydrogen-bond donors (Lipinski definition) is 1. The number of halogens is 1. The summed E-state index contributed by atoms with van der Waals surface area (Å²) in [6.45, 7) is 4.98. The zero-order chi connectivity index (χ0) is 23.9. The quantitative estimate of drug-likeness (QED) is 0.615. The van der Waals surface area contributed by atoms with Crippen molar-refractivity contribution in [2.24, 2.45) is 0 Å². The molecule has 2 heterocycles. The van der Waals surface area contributed by atoms with Crippen LogP contribution in [0, 0.1) is 5.82 Å². The van der Waals surface area contributed by atoms with Crippen molar-refractivity contribution in [3.05, 3.63) is 65.5 Å². The molecule has 7 nitrogen and oxygen atoms in total. The first-order valence-electron chi connectivity index (χ1n) is 12.1. The summed E-state index contributed by atoms with van der Waals surface area (Å²) >= 11 is 0. The molecule has 0 spiro atoms. The molecule has 4 rings (SSSR count). The fourth-order valence-electron chi connectivity index (χ4n) is 4.61. The molecule has 8 heteroatoms. The Kier molecular flexibility index (Phi) is 8.13. The Labute approximate surface area is 201 Å². The molecule has 0 aliphatic carbocycles. The van der Waals surface area contributed by atoms with E-state index in [0.717, 1.165) is 19.6 Å². The maximum absolute atomic E-state index is 13.5. The van der Waals surface area contributed by atoms with Gasteiger partial charge in [0.25, 0.3) is 5.91 Å². The highest BCUT2D eigenvalue weighted by Crippen LogP contribution is 2.23. The van der Waals surface area contributed by atoms with Crippen molar-refractivity contribution in [2.75, 3.05) is 51.2 Å². The average Bonchev–Trinajstić information content (AvgIpc) is 3.28. The second-order valence-electron chi connectivity index (χ2n) is 9.09. The summed E-state index contributed by atoms with van der Waals surface area (Å²) in [5.41, 5.74) is 3.07. The molecule has 2 aliphatic rings. The summed E-state index contributed by atoms with van der Waals surface area (Å²) in [6, 6.07) is 14.1. The fraction of sp³-hybridized carbons (Fsp3) is 0.462. The van der Waals surface area contributed by atoms with Crippen molar-refractivity contribution in [1.82, 2.24) is 20.2 Å². The van der Waals surface area contributed by atoms with E-state index >= 15 is 0 Å². The minimum atomic E-state index is -0.354. The minimum absolute atomic E-state index is 0.0223.